The molecule has 1 aliphatic rings. The molecule has 0 aromatic heterocycles. The number of hydrogen-bond donors (Lipinski definition) is 1. The first kappa shape index (κ1) is 17.9. The van der Waals surface area contributed by atoms with Crippen LogP contribution < -0.4 is 5.32 Å². The molecule has 114 valence electrons. The fourth-order valence-corrected chi connectivity index (χ4v) is 2.82. The minimum atomic E-state index is -4.36. The van der Waals surface area contributed by atoms with Crippen LogP contribution in [0.3, 0.4) is 0 Å². The fourth-order valence-electron chi connectivity index (χ4n) is 2.28. The molecule has 1 fully saturated rings. The highest BCUT2D eigenvalue weighted by Crippen LogP contribution is 2.39. The first-order valence-electron chi connectivity index (χ1n) is 5.85. The van der Waals surface area contributed by atoms with Gasteiger partial charge in [-0.25, -0.2) is 0 Å². The first-order valence-corrected chi connectivity index (χ1v) is 6.61. The van der Waals surface area contributed by atoms with Gasteiger partial charge in [-0.3, -0.25) is 4.90 Å². The third-order valence-corrected chi connectivity index (χ3v) is 3.46. The van der Waals surface area contributed by atoms with Crippen molar-refractivity contribution in [2.24, 2.45) is 0 Å². The van der Waals surface area contributed by atoms with Crippen LogP contribution in [-0.4, -0.2) is 37.3 Å². The number of alkyl halides is 3. The van der Waals surface area contributed by atoms with Crippen LogP contribution in [-0.2, 0) is 0 Å². The molecule has 1 heterocycles. The van der Waals surface area contributed by atoms with Gasteiger partial charge < -0.3 is 5.32 Å². The molecule has 0 amide bonds. The van der Waals surface area contributed by atoms with Crippen LogP contribution in [0.2, 0.25) is 10.0 Å². The quantitative estimate of drug-likeness (QED) is 0.870. The number of nitrogens with one attached hydrogen (secondary N) is 1. The van der Waals surface area contributed by atoms with Crippen LogP contribution in [0.25, 0.3) is 0 Å². The third kappa shape index (κ3) is 4.40. The summed E-state index contributed by atoms with van der Waals surface area (Å²) in [6.45, 7) is 1.77. The molecule has 1 N–H and O–H groups in total. The van der Waals surface area contributed by atoms with Crippen molar-refractivity contribution in [2.75, 3.05) is 26.2 Å². The minimum absolute atomic E-state index is 0. The van der Waals surface area contributed by atoms with E-state index < -0.39 is 12.2 Å². The first-order chi connectivity index (χ1) is 8.88. The highest BCUT2D eigenvalue weighted by atomic mass is 35.5. The molecule has 2 nitrogen and oxygen atoms in total. The van der Waals surface area contributed by atoms with Crippen LogP contribution in [0.5, 0.6) is 0 Å². The van der Waals surface area contributed by atoms with Crippen molar-refractivity contribution in [1.82, 2.24) is 10.2 Å². The van der Waals surface area contributed by atoms with Gasteiger partial charge in [0, 0.05) is 36.2 Å². The Morgan fingerprint density at radius 2 is 1.55 bits per heavy atom. The lowest BCUT2D eigenvalue weighted by molar-refractivity contribution is -0.187. The van der Waals surface area contributed by atoms with Gasteiger partial charge >= 0.3 is 6.18 Å². The van der Waals surface area contributed by atoms with Gasteiger partial charge in [0.1, 0.15) is 6.04 Å². The van der Waals surface area contributed by atoms with E-state index in [-0.39, 0.29) is 28.0 Å². The molecule has 1 aliphatic heterocycles. The zero-order chi connectivity index (χ0) is 14.0. The van der Waals surface area contributed by atoms with Gasteiger partial charge in [-0.2, -0.15) is 13.2 Å². The van der Waals surface area contributed by atoms with Crippen molar-refractivity contribution in [1.29, 1.82) is 0 Å². The maximum absolute atomic E-state index is 13.3. The summed E-state index contributed by atoms with van der Waals surface area (Å²) in [6.07, 6.45) is -4.36. The number of halogens is 6. The van der Waals surface area contributed by atoms with Gasteiger partial charge in [-0.15, -0.1) is 12.4 Å². The molecular formula is C12H14Cl3F3N2. The lowest BCUT2D eigenvalue weighted by atomic mass is 10.0. The smallest absolute Gasteiger partial charge is 0.314 e. The second-order valence-electron chi connectivity index (χ2n) is 4.43. The monoisotopic (exact) mass is 348 g/mol. The molecule has 8 heteroatoms. The number of rotatable bonds is 2. The standard InChI is InChI=1S/C12H13Cl2F3N2.ClH/c13-9-5-8(6-10(14)7-9)11(12(15,16)17)19-3-1-18-2-4-19;/h5-7,11,18H,1-4H2;1H/t11-;/m1./s1. The van der Waals surface area contributed by atoms with Gasteiger partial charge in [-0.1, -0.05) is 23.2 Å². The topological polar surface area (TPSA) is 15.3 Å². The van der Waals surface area contributed by atoms with Crippen molar-refractivity contribution in [3.8, 4) is 0 Å². The second kappa shape index (κ2) is 7.18. The van der Waals surface area contributed by atoms with E-state index in [1.54, 1.807) is 0 Å². The summed E-state index contributed by atoms with van der Waals surface area (Å²) in [5.74, 6) is 0. The fraction of sp³-hybridized carbons (Fsp3) is 0.500. The SMILES string of the molecule is Cl.FC(F)(F)[C@@H](c1cc(Cl)cc(Cl)c1)N1CCNCC1. The van der Waals surface area contributed by atoms with E-state index in [1.165, 1.54) is 23.1 Å². The average Bonchev–Trinajstić information content (AvgIpc) is 2.27. The van der Waals surface area contributed by atoms with E-state index in [1.807, 2.05) is 0 Å². The Morgan fingerprint density at radius 1 is 1.05 bits per heavy atom. The summed E-state index contributed by atoms with van der Waals surface area (Å²) in [5, 5.41) is 3.46. The lowest BCUT2D eigenvalue weighted by Gasteiger charge is -2.36. The van der Waals surface area contributed by atoms with Crippen LogP contribution in [0.15, 0.2) is 18.2 Å². The molecule has 1 aromatic rings. The number of benzene rings is 1. The predicted octanol–water partition coefficient (Wildman–Crippen LogP) is 3.92. The summed E-state index contributed by atoms with van der Waals surface area (Å²) in [7, 11) is 0. The van der Waals surface area contributed by atoms with Crippen molar-refractivity contribution in [3.05, 3.63) is 33.8 Å². The van der Waals surface area contributed by atoms with Gasteiger partial charge in [0.2, 0.25) is 0 Å². The largest absolute Gasteiger partial charge is 0.408 e. The Bertz CT molecular complexity index is 428. The van der Waals surface area contributed by atoms with E-state index in [0.717, 1.165) is 0 Å². The van der Waals surface area contributed by atoms with E-state index in [9.17, 15) is 13.2 Å². The Labute approximate surface area is 131 Å². The molecule has 0 aliphatic carbocycles. The molecule has 0 unspecified atom stereocenters. The van der Waals surface area contributed by atoms with E-state index >= 15 is 0 Å². The summed E-state index contributed by atoms with van der Waals surface area (Å²) in [5.41, 5.74) is 0.0897. The molecule has 2 rings (SSSR count). The van der Waals surface area contributed by atoms with E-state index in [4.69, 9.17) is 23.2 Å². The summed E-state index contributed by atoms with van der Waals surface area (Å²) < 4.78 is 39.9. The van der Waals surface area contributed by atoms with E-state index in [2.05, 4.69) is 5.32 Å². The van der Waals surface area contributed by atoms with Crippen molar-refractivity contribution < 1.29 is 13.2 Å². The van der Waals surface area contributed by atoms with Gasteiger partial charge in [-0.05, 0) is 23.8 Å². The van der Waals surface area contributed by atoms with Gasteiger partial charge in [0.15, 0.2) is 0 Å². The zero-order valence-corrected chi connectivity index (χ0v) is 12.7. The third-order valence-electron chi connectivity index (χ3n) is 3.03. The maximum atomic E-state index is 13.3. The number of hydrogen-bond acceptors (Lipinski definition) is 2. The Kier molecular flexibility index (Phi) is 6.41. The molecule has 20 heavy (non-hydrogen) atoms. The van der Waals surface area contributed by atoms with Crippen LogP contribution in [0.1, 0.15) is 11.6 Å². The second-order valence-corrected chi connectivity index (χ2v) is 5.31. The summed E-state index contributed by atoms with van der Waals surface area (Å²) in [4.78, 5) is 1.40. The van der Waals surface area contributed by atoms with Crippen molar-refractivity contribution in [3.63, 3.8) is 0 Å². The molecular weight excluding hydrogens is 335 g/mol. The Morgan fingerprint density at radius 3 is 2.00 bits per heavy atom. The number of piperazine rings is 1. The predicted molar refractivity (Wildman–Crippen MR) is 76.9 cm³/mol. The molecule has 0 spiro atoms. The summed E-state index contributed by atoms with van der Waals surface area (Å²) in [6, 6.07) is 2.42. The molecule has 0 radical (unpaired) electrons. The molecule has 1 aromatic carbocycles. The maximum Gasteiger partial charge on any atom is 0.408 e. The van der Waals surface area contributed by atoms with Crippen LogP contribution in [0.4, 0.5) is 13.2 Å². The number of nitrogens with zero attached hydrogens (tertiary/aromatic N) is 1. The minimum Gasteiger partial charge on any atom is -0.314 e. The van der Waals surface area contributed by atoms with Gasteiger partial charge in [0.05, 0.1) is 0 Å². The highest BCUT2D eigenvalue weighted by Gasteiger charge is 2.45. The highest BCUT2D eigenvalue weighted by molar-refractivity contribution is 6.34. The Hall–Kier alpha value is -0.200. The normalized spacial score (nSPS) is 18.4. The summed E-state index contributed by atoms with van der Waals surface area (Å²) >= 11 is 11.6. The van der Waals surface area contributed by atoms with E-state index in [0.29, 0.717) is 26.2 Å². The molecule has 1 saturated heterocycles. The Balaban J connectivity index is 0.00000200. The molecule has 1 atom stereocenters. The van der Waals surface area contributed by atoms with Crippen LogP contribution in [0, 0.1) is 0 Å². The molecule has 0 bridgehead atoms. The molecule has 0 saturated carbocycles. The lowest BCUT2D eigenvalue weighted by Crippen LogP contribution is -2.49. The van der Waals surface area contributed by atoms with Crippen LogP contribution >= 0.6 is 35.6 Å². The zero-order valence-electron chi connectivity index (χ0n) is 10.4. The van der Waals surface area contributed by atoms with Crippen molar-refractivity contribution in [2.45, 2.75) is 12.2 Å². The van der Waals surface area contributed by atoms with Crippen molar-refractivity contribution >= 4 is 35.6 Å². The van der Waals surface area contributed by atoms with Gasteiger partial charge in [0.25, 0.3) is 0 Å². The average molecular weight is 350 g/mol.